The van der Waals surface area contributed by atoms with Crippen molar-refractivity contribution in [3.8, 4) is 0 Å². The molecule has 1 fully saturated rings. The molecule has 3 rings (SSSR count). The van der Waals surface area contributed by atoms with Gasteiger partial charge in [0.05, 0.1) is 18.6 Å². The molecule has 0 radical (unpaired) electrons. The van der Waals surface area contributed by atoms with Crippen LogP contribution in [0.1, 0.15) is 0 Å². The van der Waals surface area contributed by atoms with Gasteiger partial charge in [0.2, 0.25) is 0 Å². The molecule has 0 amide bonds. The van der Waals surface area contributed by atoms with Crippen LogP contribution in [0.4, 0.5) is 19.0 Å². The number of benzene rings is 1. The van der Waals surface area contributed by atoms with Crippen LogP contribution in [0.25, 0.3) is 10.8 Å². The van der Waals surface area contributed by atoms with Crippen LogP contribution in [-0.2, 0) is 11.8 Å². The summed E-state index contributed by atoms with van der Waals surface area (Å²) in [5.74, 6) is -1.79. The molecule has 8 heteroatoms. The predicted molar refractivity (Wildman–Crippen MR) is 76.5 cm³/mol. The van der Waals surface area contributed by atoms with Crippen LogP contribution in [0.5, 0.6) is 0 Å². The molecule has 0 aliphatic carbocycles. The van der Waals surface area contributed by atoms with Gasteiger partial charge in [-0.25, -0.2) is 4.57 Å². The fourth-order valence-electron chi connectivity index (χ4n) is 2.08. The molecular formula is C15H16F3N3O2. The second-order valence-electron chi connectivity index (χ2n) is 5.15. The Morgan fingerprint density at radius 3 is 2.43 bits per heavy atom. The lowest BCUT2D eigenvalue weighted by atomic mass is 10.1. The summed E-state index contributed by atoms with van der Waals surface area (Å²) < 4.78 is 33.7. The molecule has 2 heterocycles. The summed E-state index contributed by atoms with van der Waals surface area (Å²) in [6.07, 6.45) is -3.09. The number of carboxylic acids is 1. The summed E-state index contributed by atoms with van der Waals surface area (Å²) in [5, 5.41) is 18.2. The number of pyridine rings is 1. The summed E-state index contributed by atoms with van der Waals surface area (Å²) in [7, 11) is 2.08. The normalized spacial score (nSPS) is 14.6. The molecule has 1 aromatic carbocycles. The van der Waals surface area contributed by atoms with E-state index in [0.717, 1.165) is 13.1 Å². The summed E-state index contributed by atoms with van der Waals surface area (Å²) in [4.78, 5) is 8.78. The number of nitrogens with zero attached hydrogens (tertiary/aromatic N) is 1. The van der Waals surface area contributed by atoms with E-state index in [2.05, 4.69) is 58.8 Å². The number of aromatic nitrogens is 1. The third-order valence-corrected chi connectivity index (χ3v) is 3.40. The number of halogens is 3. The molecule has 1 aliphatic heterocycles. The number of nitrogens with one attached hydrogen (secondary N) is 2. The van der Waals surface area contributed by atoms with Crippen molar-refractivity contribution in [3.05, 3.63) is 36.5 Å². The van der Waals surface area contributed by atoms with Crippen molar-refractivity contribution in [2.24, 2.45) is 7.05 Å². The molecule has 2 N–H and O–H groups in total. The van der Waals surface area contributed by atoms with Gasteiger partial charge in [0.1, 0.15) is 12.0 Å². The highest BCUT2D eigenvalue weighted by molar-refractivity contribution is 5.90. The van der Waals surface area contributed by atoms with Crippen LogP contribution in [0, 0.1) is 0 Å². The van der Waals surface area contributed by atoms with Crippen LogP contribution in [-0.4, -0.2) is 31.3 Å². The Morgan fingerprint density at radius 1 is 1.30 bits per heavy atom. The van der Waals surface area contributed by atoms with E-state index in [-0.39, 0.29) is 0 Å². The molecule has 1 aromatic heterocycles. The van der Waals surface area contributed by atoms with Crippen LogP contribution >= 0.6 is 0 Å². The lowest BCUT2D eigenvalue weighted by Crippen LogP contribution is -2.53. The highest BCUT2D eigenvalue weighted by Crippen LogP contribution is 2.20. The van der Waals surface area contributed by atoms with Gasteiger partial charge >= 0.3 is 6.18 Å². The first kappa shape index (κ1) is 17.0. The number of carboxylic acid groups (broad SMARTS) is 1. The average Bonchev–Trinajstić information content (AvgIpc) is 2.44. The molecule has 0 saturated carbocycles. The van der Waals surface area contributed by atoms with Crippen molar-refractivity contribution < 1.29 is 27.6 Å². The number of alkyl halides is 3. The Labute approximate surface area is 130 Å². The van der Waals surface area contributed by atoms with E-state index in [0.29, 0.717) is 6.04 Å². The summed E-state index contributed by atoms with van der Waals surface area (Å²) in [5.41, 5.74) is 0. The van der Waals surface area contributed by atoms with Crippen molar-refractivity contribution in [1.82, 2.24) is 5.32 Å². The fourth-order valence-corrected chi connectivity index (χ4v) is 2.08. The molecule has 0 bridgehead atoms. The number of anilines is 1. The standard InChI is InChI=1S/C13H15N3.C2HF3O2/c1-16-7-6-10-4-2-3-5-12(10)13(16)15-11-8-14-9-11;3-2(4,5)1(6)7/h2-7,11,14H,8-9H2,1H3;(H,6,7). The maximum atomic E-state index is 10.5. The van der Waals surface area contributed by atoms with Crippen molar-refractivity contribution in [3.63, 3.8) is 0 Å². The van der Waals surface area contributed by atoms with Crippen LogP contribution < -0.4 is 20.3 Å². The Kier molecular flexibility index (Phi) is 5.05. The second kappa shape index (κ2) is 6.82. The third-order valence-electron chi connectivity index (χ3n) is 3.40. The van der Waals surface area contributed by atoms with Gasteiger partial charge in [-0.05, 0) is 17.5 Å². The van der Waals surface area contributed by atoms with Gasteiger partial charge in [0.15, 0.2) is 0 Å². The Morgan fingerprint density at radius 2 is 1.91 bits per heavy atom. The predicted octanol–water partition coefficient (Wildman–Crippen LogP) is 0.347. The SMILES string of the molecule is C[n+]1ccc2ccccc2c1NC1CNC1.O=C([O-])C(F)(F)F. The van der Waals surface area contributed by atoms with Gasteiger partial charge in [0.25, 0.3) is 5.82 Å². The zero-order valence-electron chi connectivity index (χ0n) is 12.4. The quantitative estimate of drug-likeness (QED) is 0.781. The molecule has 23 heavy (non-hydrogen) atoms. The van der Waals surface area contributed by atoms with Crippen LogP contribution in [0.2, 0.25) is 0 Å². The third kappa shape index (κ3) is 4.32. The zero-order chi connectivity index (χ0) is 17.0. The number of carbonyl (C=O) groups is 1. The molecular weight excluding hydrogens is 311 g/mol. The number of hydrogen-bond donors (Lipinski definition) is 2. The molecule has 0 atom stereocenters. The Bertz CT molecular complexity index is 700. The number of fused-ring (bicyclic) bond motifs is 1. The number of aliphatic carboxylic acids is 1. The minimum Gasteiger partial charge on any atom is -0.542 e. The molecule has 1 aliphatic rings. The van der Waals surface area contributed by atoms with E-state index in [1.807, 2.05) is 0 Å². The maximum Gasteiger partial charge on any atom is 0.430 e. The highest BCUT2D eigenvalue weighted by atomic mass is 19.4. The minimum absolute atomic E-state index is 0.567. The number of aryl methyl sites for hydroxylation is 1. The molecule has 0 unspecified atom stereocenters. The minimum atomic E-state index is -5.19. The van der Waals surface area contributed by atoms with Gasteiger partial charge in [-0.15, -0.1) is 0 Å². The first-order valence-electron chi connectivity index (χ1n) is 6.92. The zero-order valence-corrected chi connectivity index (χ0v) is 12.4. The average molecular weight is 327 g/mol. The second-order valence-corrected chi connectivity index (χ2v) is 5.15. The Hall–Kier alpha value is -2.35. The van der Waals surface area contributed by atoms with Gasteiger partial charge in [0, 0.05) is 13.1 Å². The van der Waals surface area contributed by atoms with E-state index < -0.39 is 12.1 Å². The van der Waals surface area contributed by atoms with Gasteiger partial charge < -0.3 is 15.2 Å². The lowest BCUT2D eigenvalue weighted by molar-refractivity contribution is -0.656. The topological polar surface area (TPSA) is 68.1 Å². The van der Waals surface area contributed by atoms with Gasteiger partial charge in [-0.2, -0.15) is 13.2 Å². The summed E-state index contributed by atoms with van der Waals surface area (Å²) >= 11 is 0. The first-order chi connectivity index (χ1) is 10.8. The highest BCUT2D eigenvalue weighted by Gasteiger charge is 2.28. The van der Waals surface area contributed by atoms with E-state index in [1.54, 1.807) is 0 Å². The van der Waals surface area contributed by atoms with Crippen molar-refractivity contribution in [2.45, 2.75) is 12.2 Å². The molecule has 2 aromatic rings. The molecule has 5 nitrogen and oxygen atoms in total. The van der Waals surface area contributed by atoms with E-state index in [4.69, 9.17) is 9.90 Å². The maximum absolute atomic E-state index is 10.5. The smallest absolute Gasteiger partial charge is 0.430 e. The first-order valence-corrected chi connectivity index (χ1v) is 6.92. The summed E-state index contributed by atoms with van der Waals surface area (Å²) in [6.45, 7) is 2.12. The van der Waals surface area contributed by atoms with Gasteiger partial charge in [-0.1, -0.05) is 18.2 Å². The molecule has 1 saturated heterocycles. The van der Waals surface area contributed by atoms with Gasteiger partial charge in [-0.3, -0.25) is 5.32 Å². The van der Waals surface area contributed by atoms with Crippen LogP contribution in [0.3, 0.4) is 0 Å². The van der Waals surface area contributed by atoms with Crippen molar-refractivity contribution in [1.29, 1.82) is 0 Å². The van der Waals surface area contributed by atoms with Crippen LogP contribution in [0.15, 0.2) is 36.5 Å². The largest absolute Gasteiger partial charge is 0.542 e. The molecule has 0 spiro atoms. The number of rotatable bonds is 2. The van der Waals surface area contributed by atoms with E-state index in [9.17, 15) is 13.2 Å². The Balaban J connectivity index is 0.000000236. The summed E-state index contributed by atoms with van der Waals surface area (Å²) in [6, 6.07) is 11.2. The number of carbonyl (C=O) groups excluding carboxylic acids is 1. The van der Waals surface area contributed by atoms with Crippen molar-refractivity contribution in [2.75, 3.05) is 18.4 Å². The molecule has 124 valence electrons. The van der Waals surface area contributed by atoms with E-state index in [1.165, 1.54) is 16.6 Å². The monoisotopic (exact) mass is 327 g/mol. The van der Waals surface area contributed by atoms with Crippen molar-refractivity contribution >= 4 is 22.6 Å². The van der Waals surface area contributed by atoms with E-state index >= 15 is 0 Å². The number of hydrogen-bond acceptors (Lipinski definition) is 4. The fraction of sp³-hybridized carbons (Fsp3) is 0.333. The lowest BCUT2D eigenvalue weighted by Gasteiger charge is -2.24.